The summed E-state index contributed by atoms with van der Waals surface area (Å²) < 4.78 is 27.7. The summed E-state index contributed by atoms with van der Waals surface area (Å²) in [4.78, 5) is 1.09. The van der Waals surface area contributed by atoms with Gasteiger partial charge in [0.25, 0.3) is 0 Å². The molecule has 0 radical (unpaired) electrons. The molecule has 2 atom stereocenters. The minimum Gasteiger partial charge on any atom is -0.389 e. The van der Waals surface area contributed by atoms with Crippen LogP contribution >= 0.6 is 11.3 Å². The van der Waals surface area contributed by atoms with Crippen molar-refractivity contribution in [3.05, 3.63) is 51.7 Å². The van der Waals surface area contributed by atoms with Crippen LogP contribution in [-0.2, 0) is 6.54 Å². The van der Waals surface area contributed by atoms with Gasteiger partial charge in [-0.2, -0.15) is 0 Å². The number of aliphatic hydroxyl groups excluding tert-OH is 1. The van der Waals surface area contributed by atoms with Gasteiger partial charge in [-0.1, -0.05) is 6.07 Å². The van der Waals surface area contributed by atoms with E-state index in [2.05, 4.69) is 10.6 Å². The van der Waals surface area contributed by atoms with Gasteiger partial charge in [-0.15, -0.1) is 11.3 Å². The maximum atomic E-state index is 14.2. The molecule has 2 aromatic rings. The average Bonchev–Trinajstić information content (AvgIpc) is 2.92. The van der Waals surface area contributed by atoms with Crippen molar-refractivity contribution >= 4 is 17.0 Å². The molecule has 0 fully saturated rings. The van der Waals surface area contributed by atoms with Gasteiger partial charge >= 0.3 is 0 Å². The molecule has 3 nitrogen and oxygen atoms in total. The molecule has 22 heavy (non-hydrogen) atoms. The van der Waals surface area contributed by atoms with Crippen LogP contribution in [0.2, 0.25) is 0 Å². The van der Waals surface area contributed by atoms with Crippen molar-refractivity contribution in [2.45, 2.75) is 38.1 Å². The van der Waals surface area contributed by atoms with E-state index in [-0.39, 0.29) is 5.56 Å². The summed E-state index contributed by atoms with van der Waals surface area (Å²) >= 11 is 1.59. The van der Waals surface area contributed by atoms with Crippen LogP contribution in [0.25, 0.3) is 0 Å². The summed E-state index contributed by atoms with van der Waals surface area (Å²) in [5.74, 6) is -1.28. The predicted octanol–water partition coefficient (Wildman–Crippen LogP) is 3.42. The first-order valence-corrected chi connectivity index (χ1v) is 7.97. The van der Waals surface area contributed by atoms with Gasteiger partial charge in [0.15, 0.2) is 0 Å². The van der Waals surface area contributed by atoms with E-state index in [0.29, 0.717) is 12.2 Å². The number of nitrogens with one attached hydrogen (secondary N) is 2. The summed E-state index contributed by atoms with van der Waals surface area (Å²) in [5.41, 5.74) is -0.0263. The van der Waals surface area contributed by atoms with Gasteiger partial charge in [-0.3, -0.25) is 0 Å². The second-order valence-corrected chi connectivity index (χ2v) is 7.11. The molecule has 0 saturated heterocycles. The second kappa shape index (κ2) is 5.61. The topological polar surface area (TPSA) is 44.3 Å². The molecule has 118 valence electrons. The van der Waals surface area contributed by atoms with E-state index in [1.165, 1.54) is 6.07 Å². The van der Waals surface area contributed by atoms with Crippen LogP contribution in [0.5, 0.6) is 0 Å². The molecular weight excluding hydrogens is 306 g/mol. The Labute approximate surface area is 132 Å². The highest BCUT2D eigenvalue weighted by molar-refractivity contribution is 7.09. The Hall–Kier alpha value is -1.50. The molecule has 0 spiro atoms. The number of hydrogen-bond acceptors (Lipinski definition) is 4. The van der Waals surface area contributed by atoms with Crippen LogP contribution in [0.3, 0.4) is 0 Å². The number of anilines is 1. The standard InChI is InChI=1S/C16H18F2N2OS/c1-16(2)15(21)14(19-8-10-4-3-5-22-10)13-11(18)6-9(17)7-12(13)20-16/h3-7,14-15,19-21H,8H2,1-2H3/t14-,15+/m1/s1. The molecule has 0 amide bonds. The molecule has 6 heteroatoms. The first kappa shape index (κ1) is 15.4. The maximum Gasteiger partial charge on any atom is 0.133 e. The number of aliphatic hydroxyl groups is 1. The van der Waals surface area contributed by atoms with Crippen LogP contribution < -0.4 is 10.6 Å². The lowest BCUT2D eigenvalue weighted by atomic mass is 9.82. The lowest BCUT2D eigenvalue weighted by Crippen LogP contribution is -2.54. The molecule has 0 unspecified atom stereocenters. The molecule has 0 saturated carbocycles. The van der Waals surface area contributed by atoms with E-state index in [0.717, 1.165) is 10.9 Å². The van der Waals surface area contributed by atoms with Crippen LogP contribution in [0.4, 0.5) is 14.5 Å². The Balaban J connectivity index is 1.96. The number of benzene rings is 1. The van der Waals surface area contributed by atoms with Crippen molar-refractivity contribution in [3.63, 3.8) is 0 Å². The third-order valence-corrected chi connectivity index (χ3v) is 4.87. The fourth-order valence-electron chi connectivity index (χ4n) is 2.84. The van der Waals surface area contributed by atoms with E-state index in [9.17, 15) is 13.9 Å². The van der Waals surface area contributed by atoms with E-state index in [1.807, 2.05) is 31.4 Å². The smallest absolute Gasteiger partial charge is 0.133 e. The van der Waals surface area contributed by atoms with E-state index < -0.39 is 29.3 Å². The molecule has 1 aliphatic rings. The Morgan fingerprint density at radius 3 is 2.82 bits per heavy atom. The second-order valence-electron chi connectivity index (χ2n) is 6.08. The predicted molar refractivity (Wildman–Crippen MR) is 84.0 cm³/mol. The quantitative estimate of drug-likeness (QED) is 0.810. The molecule has 3 N–H and O–H groups in total. The number of halogens is 2. The van der Waals surface area contributed by atoms with Gasteiger partial charge < -0.3 is 15.7 Å². The van der Waals surface area contributed by atoms with Crippen molar-refractivity contribution in [1.29, 1.82) is 0 Å². The van der Waals surface area contributed by atoms with Crippen molar-refractivity contribution in [2.75, 3.05) is 5.32 Å². The fraction of sp³-hybridized carbons (Fsp3) is 0.375. The Bertz CT molecular complexity index is 673. The number of hydrogen-bond donors (Lipinski definition) is 3. The summed E-state index contributed by atoms with van der Waals surface area (Å²) in [6.45, 7) is 4.14. The SMILES string of the molecule is CC1(C)Nc2cc(F)cc(F)c2[C@@H](NCc2cccs2)[C@@H]1O. The highest BCUT2D eigenvalue weighted by atomic mass is 32.1. The summed E-state index contributed by atoms with van der Waals surface area (Å²) in [6.07, 6.45) is -0.847. The average molecular weight is 324 g/mol. The molecule has 0 bridgehead atoms. The van der Waals surface area contributed by atoms with E-state index in [4.69, 9.17) is 0 Å². The Morgan fingerprint density at radius 2 is 2.14 bits per heavy atom. The first-order valence-electron chi connectivity index (χ1n) is 7.09. The Morgan fingerprint density at radius 1 is 1.36 bits per heavy atom. The van der Waals surface area contributed by atoms with Gasteiger partial charge in [0.05, 0.1) is 17.7 Å². The third-order valence-electron chi connectivity index (χ3n) is 3.99. The lowest BCUT2D eigenvalue weighted by Gasteiger charge is -2.43. The van der Waals surface area contributed by atoms with Gasteiger partial charge in [0.1, 0.15) is 11.6 Å². The molecule has 1 aromatic carbocycles. The Kier molecular flexibility index (Phi) is 3.92. The van der Waals surface area contributed by atoms with E-state index in [1.54, 1.807) is 11.3 Å². The minimum atomic E-state index is -0.847. The van der Waals surface area contributed by atoms with E-state index >= 15 is 0 Å². The molecule has 0 aliphatic carbocycles. The highest BCUT2D eigenvalue weighted by Gasteiger charge is 2.42. The normalized spacial score (nSPS) is 23.0. The van der Waals surface area contributed by atoms with Crippen LogP contribution in [-0.4, -0.2) is 16.7 Å². The summed E-state index contributed by atoms with van der Waals surface area (Å²) in [5, 5.41) is 18.8. The zero-order valence-corrected chi connectivity index (χ0v) is 13.2. The van der Waals surface area contributed by atoms with Crippen molar-refractivity contribution < 1.29 is 13.9 Å². The highest BCUT2D eigenvalue weighted by Crippen LogP contribution is 2.39. The molecular formula is C16H18F2N2OS. The molecule has 3 rings (SSSR count). The van der Waals surface area contributed by atoms with Gasteiger partial charge in [0, 0.05) is 28.7 Å². The molecule has 2 heterocycles. The monoisotopic (exact) mass is 324 g/mol. The van der Waals surface area contributed by atoms with Gasteiger partial charge in [-0.25, -0.2) is 8.78 Å². The van der Waals surface area contributed by atoms with Crippen molar-refractivity contribution in [2.24, 2.45) is 0 Å². The molecule has 1 aliphatic heterocycles. The largest absolute Gasteiger partial charge is 0.389 e. The fourth-order valence-corrected chi connectivity index (χ4v) is 3.49. The number of thiophene rings is 1. The molecule has 1 aromatic heterocycles. The van der Waals surface area contributed by atoms with Crippen LogP contribution in [0.1, 0.15) is 30.3 Å². The van der Waals surface area contributed by atoms with Gasteiger partial charge in [0.2, 0.25) is 0 Å². The number of fused-ring (bicyclic) bond motifs is 1. The zero-order chi connectivity index (χ0) is 15.9. The van der Waals surface area contributed by atoms with Crippen molar-refractivity contribution in [1.82, 2.24) is 5.32 Å². The number of rotatable bonds is 3. The zero-order valence-electron chi connectivity index (χ0n) is 12.4. The maximum absolute atomic E-state index is 14.2. The van der Waals surface area contributed by atoms with Crippen LogP contribution in [0.15, 0.2) is 29.6 Å². The summed E-state index contributed by atoms with van der Waals surface area (Å²) in [7, 11) is 0. The lowest BCUT2D eigenvalue weighted by molar-refractivity contribution is 0.0663. The van der Waals surface area contributed by atoms with Crippen LogP contribution in [0, 0.1) is 11.6 Å². The van der Waals surface area contributed by atoms with Gasteiger partial charge in [-0.05, 0) is 31.4 Å². The summed E-state index contributed by atoms with van der Waals surface area (Å²) in [6, 6.07) is 5.43. The minimum absolute atomic E-state index is 0.282. The first-order chi connectivity index (χ1) is 10.4. The van der Waals surface area contributed by atoms with Crippen molar-refractivity contribution in [3.8, 4) is 0 Å². The third kappa shape index (κ3) is 2.74.